The lowest BCUT2D eigenvalue weighted by atomic mass is 9.98. The molecule has 1 aromatic heterocycles. The third-order valence-electron chi connectivity index (χ3n) is 4.47. The number of aliphatic carboxylic acids is 1. The summed E-state index contributed by atoms with van der Waals surface area (Å²) in [5.74, 6) is -2.68. The predicted molar refractivity (Wildman–Crippen MR) is 119 cm³/mol. The molecule has 1 aromatic rings. The second-order valence-electron chi connectivity index (χ2n) is 8.40. The molecular formula is C19H24N6O9S. The first-order valence-electron chi connectivity index (χ1n) is 10.3. The van der Waals surface area contributed by atoms with Crippen LogP contribution in [-0.2, 0) is 28.7 Å². The average molecular weight is 513 g/mol. The zero-order valence-corrected chi connectivity index (χ0v) is 19.8. The lowest BCUT2D eigenvalue weighted by Gasteiger charge is -2.38. The molecule has 0 bridgehead atoms. The second kappa shape index (κ2) is 10.5. The topological polar surface area (TPSA) is 198 Å². The van der Waals surface area contributed by atoms with Crippen molar-refractivity contribution in [1.29, 1.82) is 0 Å². The minimum absolute atomic E-state index is 0.0386. The van der Waals surface area contributed by atoms with Gasteiger partial charge in [0.05, 0.1) is 12.6 Å². The van der Waals surface area contributed by atoms with Crippen LogP contribution in [0.1, 0.15) is 26.5 Å². The fourth-order valence-electron chi connectivity index (χ4n) is 2.99. The molecule has 0 aromatic carbocycles. The van der Waals surface area contributed by atoms with E-state index in [1.807, 2.05) is 0 Å². The van der Waals surface area contributed by atoms with Crippen molar-refractivity contribution in [1.82, 2.24) is 20.5 Å². The average Bonchev–Trinajstić information content (AvgIpc) is 3.36. The Morgan fingerprint density at radius 1 is 1.37 bits per heavy atom. The summed E-state index contributed by atoms with van der Waals surface area (Å²) in [4.78, 5) is 69.6. The summed E-state index contributed by atoms with van der Waals surface area (Å²) in [5, 5.41) is 21.3. The number of β-lactam (4-membered cyclic amide) rings is 1. The molecule has 3 rings (SSSR count). The molecule has 0 saturated carbocycles. The molecule has 190 valence electrons. The molecule has 0 aliphatic carbocycles. The van der Waals surface area contributed by atoms with Gasteiger partial charge in [-0.2, -0.15) is 0 Å². The Morgan fingerprint density at radius 2 is 2.11 bits per heavy atom. The third kappa shape index (κ3) is 7.02. The van der Waals surface area contributed by atoms with E-state index in [2.05, 4.69) is 26.1 Å². The van der Waals surface area contributed by atoms with Gasteiger partial charge in [0, 0.05) is 11.9 Å². The molecule has 4 N–H and O–H groups in total. The van der Waals surface area contributed by atoms with Crippen LogP contribution < -0.4 is 16.0 Å². The molecule has 4 amide bonds. The predicted octanol–water partition coefficient (Wildman–Crippen LogP) is -0.269. The summed E-state index contributed by atoms with van der Waals surface area (Å²) >= 11 is 0.958. The number of cyclic esters (lactones) is 1. The van der Waals surface area contributed by atoms with Gasteiger partial charge >= 0.3 is 18.2 Å². The third-order valence-corrected chi connectivity index (χ3v) is 5.23. The molecule has 2 aliphatic heterocycles. The maximum atomic E-state index is 12.9. The van der Waals surface area contributed by atoms with E-state index in [0.717, 1.165) is 11.3 Å². The monoisotopic (exact) mass is 512 g/mol. The van der Waals surface area contributed by atoms with Crippen molar-refractivity contribution in [2.45, 2.75) is 38.5 Å². The van der Waals surface area contributed by atoms with Crippen molar-refractivity contribution in [3.8, 4) is 0 Å². The van der Waals surface area contributed by atoms with Gasteiger partial charge in [-0.25, -0.2) is 19.4 Å². The Labute approximate surface area is 202 Å². The number of thiazole rings is 1. The summed E-state index contributed by atoms with van der Waals surface area (Å²) < 4.78 is 10.00. The molecular weight excluding hydrogens is 488 g/mol. The van der Waals surface area contributed by atoms with E-state index in [1.54, 1.807) is 20.8 Å². The van der Waals surface area contributed by atoms with E-state index in [1.165, 1.54) is 10.3 Å². The van der Waals surface area contributed by atoms with Gasteiger partial charge in [0.1, 0.15) is 23.9 Å². The number of aromatic nitrogens is 1. The molecule has 16 heteroatoms. The molecule has 0 spiro atoms. The number of carbonyl (C=O) groups is 5. The van der Waals surface area contributed by atoms with Crippen LogP contribution in [0.15, 0.2) is 10.5 Å². The van der Waals surface area contributed by atoms with Crippen molar-refractivity contribution < 1.29 is 43.4 Å². The van der Waals surface area contributed by atoms with Crippen molar-refractivity contribution in [2.75, 3.05) is 31.6 Å². The van der Waals surface area contributed by atoms with Gasteiger partial charge in [0.15, 0.2) is 10.8 Å². The molecule has 0 unspecified atom stereocenters. The largest absolute Gasteiger partial charge is 0.479 e. The summed E-state index contributed by atoms with van der Waals surface area (Å²) in [7, 11) is 0. The molecule has 3 heterocycles. The van der Waals surface area contributed by atoms with Crippen LogP contribution in [-0.4, -0.2) is 94.7 Å². The highest BCUT2D eigenvalue weighted by Gasteiger charge is 2.43. The van der Waals surface area contributed by atoms with Gasteiger partial charge in [-0.15, -0.1) is 11.3 Å². The number of amides is 4. The minimum Gasteiger partial charge on any atom is -0.479 e. The zero-order valence-electron chi connectivity index (χ0n) is 19.0. The lowest BCUT2D eigenvalue weighted by molar-refractivity contribution is -0.142. The van der Waals surface area contributed by atoms with Crippen molar-refractivity contribution in [2.24, 2.45) is 5.16 Å². The highest BCUT2D eigenvalue weighted by atomic mass is 32.1. The van der Waals surface area contributed by atoms with Gasteiger partial charge in [0.2, 0.25) is 12.5 Å². The van der Waals surface area contributed by atoms with Crippen molar-refractivity contribution >= 4 is 52.2 Å². The molecule has 2 aliphatic rings. The highest BCUT2D eigenvalue weighted by Crippen LogP contribution is 2.19. The normalized spacial score (nSPS) is 19.9. The SMILES string of the molecule is CC(C)(C)OC(=O)Nc1nc(/C(=N/OCC(=O)O)C(=O)N[C@@H]2C(=O)N[C@@H]2CN2CCOC2=O)cs1. The fraction of sp³-hybridized carbons (Fsp3) is 0.526. The first kappa shape index (κ1) is 25.7. The van der Waals surface area contributed by atoms with Crippen LogP contribution in [0.5, 0.6) is 0 Å². The minimum atomic E-state index is -1.32. The number of nitrogens with one attached hydrogen (secondary N) is 3. The molecule has 35 heavy (non-hydrogen) atoms. The maximum absolute atomic E-state index is 12.9. The summed E-state index contributed by atoms with van der Waals surface area (Å²) in [6.45, 7) is 4.94. The van der Waals surface area contributed by atoms with Crippen molar-refractivity contribution in [3.63, 3.8) is 0 Å². The Kier molecular flexibility index (Phi) is 7.73. The van der Waals surface area contributed by atoms with Crippen LogP contribution in [0, 0.1) is 0 Å². The molecule has 2 atom stereocenters. The number of carboxylic acid groups (broad SMARTS) is 1. The zero-order chi connectivity index (χ0) is 25.8. The molecule has 2 saturated heterocycles. The molecule has 15 nitrogen and oxygen atoms in total. The number of carboxylic acids is 1. The maximum Gasteiger partial charge on any atom is 0.413 e. The van der Waals surface area contributed by atoms with Gasteiger partial charge in [-0.05, 0) is 20.8 Å². The number of carbonyl (C=O) groups excluding carboxylic acids is 4. The summed E-state index contributed by atoms with van der Waals surface area (Å²) in [5.41, 5.74) is -1.20. The van der Waals surface area contributed by atoms with E-state index in [-0.39, 0.29) is 24.0 Å². The molecule has 2 fully saturated rings. The van der Waals surface area contributed by atoms with Crippen LogP contribution in [0.4, 0.5) is 14.7 Å². The Balaban J connectivity index is 1.71. The van der Waals surface area contributed by atoms with E-state index in [0.29, 0.717) is 6.54 Å². The Bertz CT molecular complexity index is 1050. The number of ether oxygens (including phenoxy) is 2. The van der Waals surface area contributed by atoms with Crippen LogP contribution in [0.3, 0.4) is 0 Å². The number of oxime groups is 1. The quantitative estimate of drug-likeness (QED) is 0.194. The fourth-order valence-corrected chi connectivity index (χ4v) is 3.67. The standard InChI is InChI=1S/C19H24N6O9S/c1-19(2,3)34-17(30)23-16-21-10(8-35-16)13(24-33-7-11(26)27)15(29)22-12-9(20-14(12)28)6-25-4-5-32-18(25)31/h8-9,12H,4-7H2,1-3H3,(H,20,28)(H,22,29)(H,26,27)(H,21,23,30)/b24-13-/t9-,12+/m1/s1. The number of hydrogen-bond acceptors (Lipinski definition) is 11. The number of nitrogens with zero attached hydrogens (tertiary/aromatic N) is 3. The van der Waals surface area contributed by atoms with E-state index in [4.69, 9.17) is 19.4 Å². The number of rotatable bonds is 9. The van der Waals surface area contributed by atoms with Gasteiger partial charge < -0.3 is 35.0 Å². The highest BCUT2D eigenvalue weighted by molar-refractivity contribution is 7.14. The van der Waals surface area contributed by atoms with E-state index in [9.17, 15) is 24.0 Å². The van der Waals surface area contributed by atoms with E-state index >= 15 is 0 Å². The van der Waals surface area contributed by atoms with Gasteiger partial charge in [-0.1, -0.05) is 5.16 Å². The first-order chi connectivity index (χ1) is 16.4. The summed E-state index contributed by atoms with van der Waals surface area (Å²) in [6, 6.07) is -1.56. The van der Waals surface area contributed by atoms with Crippen LogP contribution >= 0.6 is 11.3 Å². The van der Waals surface area contributed by atoms with Crippen LogP contribution in [0.2, 0.25) is 0 Å². The van der Waals surface area contributed by atoms with E-state index < -0.39 is 60.0 Å². The number of anilines is 1. The molecule has 0 radical (unpaired) electrons. The number of hydrogen-bond donors (Lipinski definition) is 4. The smallest absolute Gasteiger partial charge is 0.413 e. The Hall–Kier alpha value is -3.95. The van der Waals surface area contributed by atoms with Gasteiger partial charge in [-0.3, -0.25) is 14.9 Å². The first-order valence-corrected chi connectivity index (χ1v) is 11.2. The summed E-state index contributed by atoms with van der Waals surface area (Å²) in [6.07, 6.45) is -1.29. The van der Waals surface area contributed by atoms with Crippen LogP contribution in [0.25, 0.3) is 0 Å². The Morgan fingerprint density at radius 3 is 2.71 bits per heavy atom. The lowest BCUT2D eigenvalue weighted by Crippen LogP contribution is -2.72. The second-order valence-corrected chi connectivity index (χ2v) is 9.26. The van der Waals surface area contributed by atoms with Gasteiger partial charge in [0.25, 0.3) is 5.91 Å². The van der Waals surface area contributed by atoms with Crippen molar-refractivity contribution in [3.05, 3.63) is 11.1 Å².